The van der Waals surface area contributed by atoms with Crippen molar-refractivity contribution < 1.29 is 18.3 Å². The fourth-order valence-electron chi connectivity index (χ4n) is 1.15. The molecule has 0 aliphatic carbocycles. The molecule has 16 heavy (non-hydrogen) atoms. The van der Waals surface area contributed by atoms with E-state index in [-0.39, 0.29) is 5.56 Å². The standard InChI is InChI=1S/C11H8F3NO/c1-8-7-9(4-5-15-8)10(3-2-6-16)11(12,13)14/h3-5,7,16H,1H3/b10-3-. The van der Waals surface area contributed by atoms with Crippen LogP contribution in [0, 0.1) is 19.0 Å². The highest BCUT2D eigenvalue weighted by molar-refractivity contribution is 5.71. The molecular weight excluding hydrogens is 219 g/mol. The van der Waals surface area contributed by atoms with Crippen LogP contribution in [0.25, 0.3) is 5.57 Å². The van der Waals surface area contributed by atoms with Crippen LogP contribution in [0.15, 0.2) is 24.4 Å². The van der Waals surface area contributed by atoms with Gasteiger partial charge in [-0.2, -0.15) is 13.2 Å². The van der Waals surface area contributed by atoms with Crippen LogP contribution in [-0.2, 0) is 0 Å². The molecule has 0 atom stereocenters. The van der Waals surface area contributed by atoms with Crippen molar-refractivity contribution in [2.24, 2.45) is 0 Å². The lowest BCUT2D eigenvalue weighted by atomic mass is 10.1. The molecule has 0 aromatic carbocycles. The van der Waals surface area contributed by atoms with Gasteiger partial charge in [0.05, 0.1) is 5.57 Å². The van der Waals surface area contributed by atoms with E-state index in [2.05, 4.69) is 4.98 Å². The van der Waals surface area contributed by atoms with Crippen LogP contribution in [0.1, 0.15) is 11.3 Å². The minimum atomic E-state index is -4.52. The van der Waals surface area contributed by atoms with Crippen LogP contribution < -0.4 is 0 Å². The Morgan fingerprint density at radius 3 is 2.69 bits per heavy atom. The zero-order valence-electron chi connectivity index (χ0n) is 8.34. The van der Waals surface area contributed by atoms with Gasteiger partial charge in [-0.25, -0.2) is 0 Å². The quantitative estimate of drug-likeness (QED) is 0.748. The Bertz CT molecular complexity index is 466. The number of aliphatic hydroxyl groups excluding tert-OH is 1. The summed E-state index contributed by atoms with van der Waals surface area (Å²) in [4.78, 5) is 3.80. The van der Waals surface area contributed by atoms with E-state index in [1.165, 1.54) is 24.4 Å². The second kappa shape index (κ2) is 4.71. The highest BCUT2D eigenvalue weighted by Gasteiger charge is 2.34. The number of hydrogen-bond acceptors (Lipinski definition) is 2. The third-order valence-electron chi connectivity index (χ3n) is 1.79. The number of aromatic nitrogens is 1. The van der Waals surface area contributed by atoms with Gasteiger partial charge in [0.2, 0.25) is 0 Å². The molecule has 5 heteroatoms. The molecule has 0 bridgehead atoms. The van der Waals surface area contributed by atoms with Gasteiger partial charge < -0.3 is 5.11 Å². The predicted octanol–water partition coefficient (Wildman–Crippen LogP) is 2.67. The van der Waals surface area contributed by atoms with E-state index in [4.69, 9.17) is 5.11 Å². The van der Waals surface area contributed by atoms with Crippen molar-refractivity contribution in [1.29, 1.82) is 0 Å². The molecule has 2 nitrogen and oxygen atoms in total. The lowest BCUT2D eigenvalue weighted by Crippen LogP contribution is -2.10. The summed E-state index contributed by atoms with van der Waals surface area (Å²) >= 11 is 0. The lowest BCUT2D eigenvalue weighted by molar-refractivity contribution is -0.0688. The largest absolute Gasteiger partial charge is 0.462 e. The van der Waals surface area contributed by atoms with Crippen molar-refractivity contribution in [3.63, 3.8) is 0 Å². The zero-order valence-corrected chi connectivity index (χ0v) is 8.34. The first-order valence-electron chi connectivity index (χ1n) is 4.30. The van der Waals surface area contributed by atoms with Gasteiger partial charge in [0.1, 0.15) is 6.11 Å². The molecular formula is C11H8F3NO. The first kappa shape index (κ1) is 12.1. The first-order valence-corrected chi connectivity index (χ1v) is 4.30. The molecule has 0 radical (unpaired) electrons. The van der Waals surface area contributed by atoms with Crippen molar-refractivity contribution in [3.05, 3.63) is 35.7 Å². The molecule has 1 N–H and O–H groups in total. The van der Waals surface area contributed by atoms with E-state index in [1.54, 1.807) is 6.92 Å². The van der Waals surface area contributed by atoms with Gasteiger partial charge in [0, 0.05) is 18.0 Å². The second-order valence-corrected chi connectivity index (χ2v) is 3.00. The summed E-state index contributed by atoms with van der Waals surface area (Å²) in [6.45, 7) is 1.59. The number of allylic oxidation sites excluding steroid dienone is 2. The highest BCUT2D eigenvalue weighted by atomic mass is 19.4. The summed E-state index contributed by atoms with van der Waals surface area (Å²) in [5.74, 6) is 1.88. The summed E-state index contributed by atoms with van der Waals surface area (Å²) < 4.78 is 37.9. The third kappa shape index (κ3) is 3.02. The Morgan fingerprint density at radius 2 is 2.19 bits per heavy atom. The summed E-state index contributed by atoms with van der Waals surface area (Å²) in [5, 5.41) is 8.20. The van der Waals surface area contributed by atoms with E-state index >= 15 is 0 Å². The maximum absolute atomic E-state index is 12.6. The van der Waals surface area contributed by atoms with Gasteiger partial charge >= 0.3 is 6.18 Å². The Morgan fingerprint density at radius 1 is 1.50 bits per heavy atom. The number of nitrogens with zero attached hydrogens (tertiary/aromatic N) is 1. The van der Waals surface area contributed by atoms with Gasteiger partial charge in [0.15, 0.2) is 0 Å². The number of aryl methyl sites for hydroxylation is 1. The molecule has 0 saturated carbocycles. The van der Waals surface area contributed by atoms with Gasteiger partial charge in [0.25, 0.3) is 0 Å². The molecule has 0 spiro atoms. The lowest BCUT2D eigenvalue weighted by Gasteiger charge is -2.10. The fourth-order valence-corrected chi connectivity index (χ4v) is 1.15. The summed E-state index contributed by atoms with van der Waals surface area (Å²) in [6.07, 6.45) is -1.18. The maximum Gasteiger partial charge on any atom is 0.417 e. The Hall–Kier alpha value is -1.96. The number of alkyl halides is 3. The van der Waals surface area contributed by atoms with Crippen molar-refractivity contribution in [3.8, 4) is 12.0 Å². The van der Waals surface area contributed by atoms with Crippen LogP contribution in [0.4, 0.5) is 13.2 Å². The first-order chi connectivity index (χ1) is 7.45. The van der Waals surface area contributed by atoms with E-state index in [9.17, 15) is 13.2 Å². The molecule has 0 amide bonds. The monoisotopic (exact) mass is 227 g/mol. The fraction of sp³-hybridized carbons (Fsp3) is 0.182. The molecule has 0 unspecified atom stereocenters. The third-order valence-corrected chi connectivity index (χ3v) is 1.79. The van der Waals surface area contributed by atoms with E-state index < -0.39 is 11.7 Å². The second-order valence-electron chi connectivity index (χ2n) is 3.00. The number of hydrogen-bond donors (Lipinski definition) is 1. The average Bonchev–Trinajstić information content (AvgIpc) is 2.16. The smallest absolute Gasteiger partial charge is 0.417 e. The molecule has 0 fully saturated rings. The van der Waals surface area contributed by atoms with E-state index in [0.29, 0.717) is 11.8 Å². The molecule has 0 saturated heterocycles. The SMILES string of the molecule is Cc1cc(/C(=C/C#CO)C(F)(F)F)ccn1. The van der Waals surface area contributed by atoms with Crippen molar-refractivity contribution >= 4 is 5.57 Å². The normalized spacial score (nSPS) is 11.9. The minimum Gasteiger partial charge on any atom is -0.462 e. The van der Waals surface area contributed by atoms with Crippen LogP contribution in [-0.4, -0.2) is 16.3 Å². The topological polar surface area (TPSA) is 33.1 Å². The van der Waals surface area contributed by atoms with Crippen molar-refractivity contribution in [1.82, 2.24) is 4.98 Å². The minimum absolute atomic E-state index is 0.0252. The highest BCUT2D eigenvalue weighted by Crippen LogP contribution is 2.33. The van der Waals surface area contributed by atoms with E-state index in [0.717, 1.165) is 0 Å². The summed E-state index contributed by atoms with van der Waals surface area (Å²) in [7, 11) is 0. The average molecular weight is 227 g/mol. The molecule has 1 rings (SSSR count). The van der Waals surface area contributed by atoms with Gasteiger partial charge in [-0.05, 0) is 30.5 Å². The number of pyridine rings is 1. The number of rotatable bonds is 1. The predicted molar refractivity (Wildman–Crippen MR) is 52.7 cm³/mol. The van der Waals surface area contributed by atoms with Crippen LogP contribution >= 0.6 is 0 Å². The molecule has 0 aliphatic heterocycles. The number of aliphatic hydroxyl groups is 1. The van der Waals surface area contributed by atoms with Crippen molar-refractivity contribution in [2.45, 2.75) is 13.1 Å². The molecule has 1 aromatic heterocycles. The summed E-state index contributed by atoms with van der Waals surface area (Å²) in [5.41, 5.74) is -0.452. The van der Waals surface area contributed by atoms with E-state index in [1.807, 2.05) is 5.92 Å². The van der Waals surface area contributed by atoms with Gasteiger partial charge in [-0.1, -0.05) is 0 Å². The van der Waals surface area contributed by atoms with Crippen molar-refractivity contribution in [2.75, 3.05) is 0 Å². The van der Waals surface area contributed by atoms with Crippen LogP contribution in [0.2, 0.25) is 0 Å². The zero-order chi connectivity index (χ0) is 12.2. The van der Waals surface area contributed by atoms with Crippen LogP contribution in [0.3, 0.4) is 0 Å². The molecule has 84 valence electrons. The van der Waals surface area contributed by atoms with Crippen LogP contribution in [0.5, 0.6) is 0 Å². The molecule has 1 heterocycles. The Balaban J connectivity index is 3.26. The summed E-state index contributed by atoms with van der Waals surface area (Å²) in [6, 6.07) is 2.55. The Kier molecular flexibility index (Phi) is 3.56. The number of halogens is 3. The molecule has 0 aliphatic rings. The molecule has 1 aromatic rings. The van der Waals surface area contributed by atoms with Gasteiger partial charge in [-0.15, -0.1) is 0 Å². The maximum atomic E-state index is 12.6. The Labute approximate surface area is 90.4 Å². The van der Waals surface area contributed by atoms with Gasteiger partial charge in [-0.3, -0.25) is 4.98 Å².